The normalized spacial score (nSPS) is 11.0. The Kier molecular flexibility index (Phi) is 8.13. The Bertz CT molecular complexity index is 1110. The van der Waals surface area contributed by atoms with Crippen LogP contribution in [0.4, 0.5) is 4.39 Å². The molecule has 0 unspecified atom stereocenters. The van der Waals surface area contributed by atoms with Crippen LogP contribution in [0.2, 0.25) is 0 Å². The van der Waals surface area contributed by atoms with Gasteiger partial charge in [-0.05, 0) is 48.9 Å². The van der Waals surface area contributed by atoms with E-state index in [0.29, 0.717) is 11.3 Å². The second-order valence-corrected chi connectivity index (χ2v) is 7.12. The maximum atomic E-state index is 13.2. The van der Waals surface area contributed by atoms with E-state index in [1.807, 2.05) is 0 Å². The lowest BCUT2D eigenvalue weighted by atomic mass is 10.2. The third kappa shape index (κ3) is 6.90. The molecule has 0 fully saturated rings. The SMILES string of the molecule is CCN(CC(=O)NCc1ccc(F)cc1)C(=O)C(=Cc1ccco1)NC(=O)c1ccccc1. The molecule has 0 saturated heterocycles. The number of halogens is 1. The van der Waals surface area contributed by atoms with Crippen molar-refractivity contribution in [3.05, 3.63) is 101 Å². The van der Waals surface area contributed by atoms with Crippen molar-refractivity contribution in [1.82, 2.24) is 15.5 Å². The Balaban J connectivity index is 1.70. The van der Waals surface area contributed by atoms with E-state index in [2.05, 4.69) is 10.6 Å². The van der Waals surface area contributed by atoms with Crippen molar-refractivity contribution < 1.29 is 23.2 Å². The monoisotopic (exact) mass is 449 g/mol. The smallest absolute Gasteiger partial charge is 0.270 e. The van der Waals surface area contributed by atoms with E-state index in [9.17, 15) is 18.8 Å². The van der Waals surface area contributed by atoms with Crippen molar-refractivity contribution in [1.29, 1.82) is 0 Å². The summed E-state index contributed by atoms with van der Waals surface area (Å²) in [5.41, 5.74) is 1.09. The first-order valence-electron chi connectivity index (χ1n) is 10.4. The zero-order valence-corrected chi connectivity index (χ0v) is 18.1. The van der Waals surface area contributed by atoms with E-state index in [1.54, 1.807) is 61.5 Å². The molecule has 7 nitrogen and oxygen atoms in total. The fourth-order valence-electron chi connectivity index (χ4n) is 2.98. The van der Waals surface area contributed by atoms with Crippen molar-refractivity contribution in [3.8, 4) is 0 Å². The summed E-state index contributed by atoms with van der Waals surface area (Å²) in [5, 5.41) is 5.33. The molecule has 3 amide bonds. The zero-order valence-electron chi connectivity index (χ0n) is 18.1. The third-order valence-corrected chi connectivity index (χ3v) is 4.75. The van der Waals surface area contributed by atoms with E-state index in [1.165, 1.54) is 29.4 Å². The number of furan rings is 1. The molecule has 1 heterocycles. The van der Waals surface area contributed by atoms with Crippen LogP contribution in [-0.4, -0.2) is 35.7 Å². The predicted octanol–water partition coefficient (Wildman–Crippen LogP) is 3.35. The van der Waals surface area contributed by atoms with E-state index < -0.39 is 11.8 Å². The summed E-state index contributed by atoms with van der Waals surface area (Å²) < 4.78 is 18.3. The number of nitrogens with zero attached hydrogens (tertiary/aromatic N) is 1. The van der Waals surface area contributed by atoms with Crippen LogP contribution in [0.25, 0.3) is 6.08 Å². The molecule has 2 aromatic carbocycles. The Hall–Kier alpha value is -4.20. The number of hydrogen-bond acceptors (Lipinski definition) is 4. The molecular weight excluding hydrogens is 425 g/mol. The number of hydrogen-bond donors (Lipinski definition) is 2. The summed E-state index contributed by atoms with van der Waals surface area (Å²) in [5.74, 6) is -1.36. The molecule has 0 aliphatic rings. The van der Waals surface area contributed by atoms with E-state index in [4.69, 9.17) is 4.42 Å². The van der Waals surface area contributed by atoms with Crippen LogP contribution >= 0.6 is 0 Å². The number of carbonyl (C=O) groups excluding carboxylic acids is 3. The summed E-state index contributed by atoms with van der Waals surface area (Å²) in [7, 11) is 0. The van der Waals surface area contributed by atoms with Crippen molar-refractivity contribution in [2.45, 2.75) is 13.5 Å². The first-order chi connectivity index (χ1) is 16.0. The maximum absolute atomic E-state index is 13.2. The number of rotatable bonds is 9. The first-order valence-corrected chi connectivity index (χ1v) is 10.4. The molecule has 1 aromatic heterocycles. The minimum absolute atomic E-state index is 0.0213. The third-order valence-electron chi connectivity index (χ3n) is 4.75. The topological polar surface area (TPSA) is 91.7 Å². The molecule has 8 heteroatoms. The highest BCUT2D eigenvalue weighted by molar-refractivity contribution is 6.05. The zero-order chi connectivity index (χ0) is 23.6. The van der Waals surface area contributed by atoms with Gasteiger partial charge in [0.25, 0.3) is 11.8 Å². The highest BCUT2D eigenvalue weighted by Crippen LogP contribution is 2.10. The minimum atomic E-state index is -0.532. The van der Waals surface area contributed by atoms with Crippen LogP contribution in [0, 0.1) is 5.82 Å². The van der Waals surface area contributed by atoms with Gasteiger partial charge in [0.2, 0.25) is 5.91 Å². The highest BCUT2D eigenvalue weighted by Gasteiger charge is 2.22. The van der Waals surface area contributed by atoms with Crippen LogP contribution in [0.1, 0.15) is 28.6 Å². The number of likely N-dealkylation sites (N-methyl/N-ethyl adjacent to an activating group) is 1. The van der Waals surface area contributed by atoms with Gasteiger partial charge in [-0.2, -0.15) is 0 Å². The number of benzene rings is 2. The van der Waals surface area contributed by atoms with Gasteiger partial charge in [0.05, 0.1) is 12.8 Å². The summed E-state index contributed by atoms with van der Waals surface area (Å²) in [6.45, 7) is 1.95. The average Bonchev–Trinajstić information content (AvgIpc) is 3.35. The molecule has 3 aromatic rings. The lowest BCUT2D eigenvalue weighted by Crippen LogP contribution is -2.43. The van der Waals surface area contributed by atoms with Crippen LogP contribution in [0.5, 0.6) is 0 Å². The largest absolute Gasteiger partial charge is 0.465 e. The predicted molar refractivity (Wildman–Crippen MR) is 121 cm³/mol. The van der Waals surface area contributed by atoms with Crippen LogP contribution in [0.15, 0.2) is 83.1 Å². The lowest BCUT2D eigenvalue weighted by molar-refractivity contribution is -0.133. The van der Waals surface area contributed by atoms with Gasteiger partial charge in [0.15, 0.2) is 0 Å². The molecule has 0 aliphatic carbocycles. The van der Waals surface area contributed by atoms with Crippen LogP contribution in [-0.2, 0) is 16.1 Å². The fraction of sp³-hybridized carbons (Fsp3) is 0.160. The number of carbonyl (C=O) groups is 3. The maximum Gasteiger partial charge on any atom is 0.270 e. The molecule has 2 N–H and O–H groups in total. The van der Waals surface area contributed by atoms with Gasteiger partial charge in [0, 0.05) is 24.7 Å². The molecular formula is C25H24FN3O4. The molecule has 0 spiro atoms. The van der Waals surface area contributed by atoms with Gasteiger partial charge in [-0.1, -0.05) is 30.3 Å². The highest BCUT2D eigenvalue weighted by atomic mass is 19.1. The second kappa shape index (κ2) is 11.4. The van der Waals surface area contributed by atoms with Crippen molar-refractivity contribution in [3.63, 3.8) is 0 Å². The molecule has 0 radical (unpaired) electrons. The molecule has 170 valence electrons. The minimum Gasteiger partial charge on any atom is -0.465 e. The summed E-state index contributed by atoms with van der Waals surface area (Å²) in [4.78, 5) is 39.6. The van der Waals surface area contributed by atoms with Crippen LogP contribution in [0.3, 0.4) is 0 Å². The van der Waals surface area contributed by atoms with Crippen molar-refractivity contribution >= 4 is 23.8 Å². The molecule has 3 rings (SSSR count). The van der Waals surface area contributed by atoms with Crippen molar-refractivity contribution in [2.24, 2.45) is 0 Å². The number of nitrogens with one attached hydrogen (secondary N) is 2. The van der Waals surface area contributed by atoms with Gasteiger partial charge in [-0.15, -0.1) is 0 Å². The molecule has 33 heavy (non-hydrogen) atoms. The van der Waals surface area contributed by atoms with Gasteiger partial charge in [-0.25, -0.2) is 4.39 Å². The van der Waals surface area contributed by atoms with Gasteiger partial charge < -0.3 is 20.0 Å². The van der Waals surface area contributed by atoms with Crippen LogP contribution < -0.4 is 10.6 Å². The summed E-state index contributed by atoms with van der Waals surface area (Å²) in [6.07, 6.45) is 2.87. The Morgan fingerprint density at radius 3 is 2.36 bits per heavy atom. The quantitative estimate of drug-likeness (QED) is 0.490. The lowest BCUT2D eigenvalue weighted by Gasteiger charge is -2.22. The molecule has 0 bridgehead atoms. The summed E-state index contributed by atoms with van der Waals surface area (Å²) >= 11 is 0. The Morgan fingerprint density at radius 1 is 1.00 bits per heavy atom. The molecule has 0 saturated carbocycles. The first kappa shape index (κ1) is 23.5. The fourth-order valence-corrected chi connectivity index (χ4v) is 2.98. The molecule has 0 aliphatic heterocycles. The number of amides is 3. The average molecular weight is 449 g/mol. The second-order valence-electron chi connectivity index (χ2n) is 7.12. The van der Waals surface area contributed by atoms with E-state index >= 15 is 0 Å². The Labute approximate surface area is 190 Å². The standard InChI is InChI=1S/C25H24FN3O4/c1-2-29(17-23(30)27-16-18-10-12-20(26)13-11-18)25(32)22(15-21-9-6-14-33-21)28-24(31)19-7-4-3-5-8-19/h3-15H,2,16-17H2,1H3,(H,27,30)(H,28,31). The Morgan fingerprint density at radius 2 is 1.73 bits per heavy atom. The van der Waals surface area contributed by atoms with E-state index in [-0.39, 0.29) is 37.1 Å². The molecule has 0 atom stereocenters. The van der Waals surface area contributed by atoms with Gasteiger partial charge in [-0.3, -0.25) is 14.4 Å². The van der Waals surface area contributed by atoms with Crippen molar-refractivity contribution in [2.75, 3.05) is 13.1 Å². The van der Waals surface area contributed by atoms with Gasteiger partial charge >= 0.3 is 0 Å². The summed E-state index contributed by atoms with van der Waals surface area (Å²) in [6, 6.07) is 17.5. The van der Waals surface area contributed by atoms with Gasteiger partial charge in [0.1, 0.15) is 17.3 Å². The van der Waals surface area contributed by atoms with E-state index in [0.717, 1.165) is 5.56 Å².